The van der Waals surface area contributed by atoms with E-state index in [-0.39, 0.29) is 23.3 Å². The molecule has 1 fully saturated rings. The fourth-order valence-electron chi connectivity index (χ4n) is 4.83. The zero-order valence-corrected chi connectivity index (χ0v) is 21.9. The summed E-state index contributed by atoms with van der Waals surface area (Å²) in [6, 6.07) is 10.6. The van der Waals surface area contributed by atoms with Gasteiger partial charge < -0.3 is 19.4 Å². The topological polar surface area (TPSA) is 82.2 Å². The molecule has 8 nitrogen and oxygen atoms in total. The quantitative estimate of drug-likeness (QED) is 0.628. The van der Waals surface area contributed by atoms with Crippen molar-refractivity contribution in [3.05, 3.63) is 53.1 Å². The maximum atomic E-state index is 13.2. The van der Waals surface area contributed by atoms with Crippen molar-refractivity contribution in [2.75, 3.05) is 51.8 Å². The number of hydrogen-bond donors (Lipinski definition) is 1. The highest BCUT2D eigenvalue weighted by Gasteiger charge is 2.28. The minimum atomic E-state index is -3.55. The Bertz CT molecular complexity index is 1160. The van der Waals surface area contributed by atoms with Gasteiger partial charge in [0.15, 0.2) is 0 Å². The molecule has 2 heterocycles. The highest BCUT2D eigenvalue weighted by atomic mass is 32.2. The number of carbonyl (C=O) groups excluding carboxylic acids is 1. The predicted molar refractivity (Wildman–Crippen MR) is 137 cm³/mol. The van der Waals surface area contributed by atoms with Crippen LogP contribution >= 0.6 is 0 Å². The van der Waals surface area contributed by atoms with E-state index in [2.05, 4.69) is 27.6 Å². The van der Waals surface area contributed by atoms with Gasteiger partial charge in [-0.2, -0.15) is 0 Å². The number of fused-ring (bicyclic) bond motifs is 1. The van der Waals surface area contributed by atoms with Crippen LogP contribution in [-0.2, 0) is 34.2 Å². The minimum Gasteiger partial charge on any atom is -0.496 e. The van der Waals surface area contributed by atoms with E-state index in [1.807, 2.05) is 11.0 Å². The summed E-state index contributed by atoms with van der Waals surface area (Å²) in [5.74, 6) is 0.926. The summed E-state index contributed by atoms with van der Waals surface area (Å²) in [6.45, 7) is 8.72. The average Bonchev–Trinajstić information content (AvgIpc) is 2.83. The summed E-state index contributed by atoms with van der Waals surface area (Å²) >= 11 is 0. The Labute approximate surface area is 208 Å². The fraction of sp³-hybridized carbons (Fsp3) is 0.500. The van der Waals surface area contributed by atoms with Crippen LogP contribution in [0.3, 0.4) is 0 Å². The van der Waals surface area contributed by atoms with E-state index in [9.17, 15) is 13.2 Å². The Morgan fingerprint density at radius 2 is 1.69 bits per heavy atom. The zero-order valence-electron chi connectivity index (χ0n) is 21.1. The average molecular weight is 501 g/mol. The molecule has 35 heavy (non-hydrogen) atoms. The van der Waals surface area contributed by atoms with E-state index < -0.39 is 10.0 Å². The van der Waals surface area contributed by atoms with Crippen LogP contribution in [0.25, 0.3) is 0 Å². The lowest BCUT2D eigenvalue weighted by Crippen LogP contribution is -2.45. The number of hydrogen-bond acceptors (Lipinski definition) is 6. The van der Waals surface area contributed by atoms with Gasteiger partial charge in [-0.05, 0) is 57.1 Å². The van der Waals surface area contributed by atoms with Gasteiger partial charge in [0.05, 0.1) is 18.4 Å². The van der Waals surface area contributed by atoms with Crippen molar-refractivity contribution in [2.24, 2.45) is 0 Å². The van der Waals surface area contributed by atoms with Crippen LogP contribution in [-0.4, -0.2) is 77.0 Å². The third-order valence-corrected chi connectivity index (χ3v) is 8.42. The number of ether oxygens (including phenoxy) is 1. The summed E-state index contributed by atoms with van der Waals surface area (Å²) in [4.78, 5) is 20.1. The zero-order chi connectivity index (χ0) is 25.2. The predicted octanol–water partition coefficient (Wildman–Crippen LogP) is 2.26. The molecule has 2 aromatic carbocycles. The van der Waals surface area contributed by atoms with Crippen LogP contribution in [0.4, 0.5) is 5.69 Å². The molecule has 0 bridgehead atoms. The SMILES string of the molecule is COc1ccc(N2CCN(C)CC2)c2c1CCN(C(=O)Cc1ccc(S(=O)(=O)NC(C)C)cc1)C2. The van der Waals surface area contributed by atoms with E-state index >= 15 is 0 Å². The van der Waals surface area contributed by atoms with E-state index in [0.29, 0.717) is 13.1 Å². The molecular weight excluding hydrogens is 464 g/mol. The molecule has 2 aliphatic rings. The van der Waals surface area contributed by atoms with Crippen LogP contribution in [0, 0.1) is 0 Å². The van der Waals surface area contributed by atoms with Gasteiger partial charge >= 0.3 is 0 Å². The smallest absolute Gasteiger partial charge is 0.240 e. The number of sulfonamides is 1. The number of nitrogens with zero attached hydrogens (tertiary/aromatic N) is 3. The lowest BCUT2D eigenvalue weighted by molar-refractivity contribution is -0.131. The Hall–Kier alpha value is -2.62. The lowest BCUT2D eigenvalue weighted by atomic mass is 9.95. The van der Waals surface area contributed by atoms with Gasteiger partial charge in [0.25, 0.3) is 0 Å². The second kappa shape index (κ2) is 10.6. The molecule has 0 radical (unpaired) electrons. The number of likely N-dealkylation sites (N-methyl/N-ethyl adjacent to an activating group) is 1. The third kappa shape index (κ3) is 5.79. The van der Waals surface area contributed by atoms with Crippen molar-refractivity contribution in [2.45, 2.75) is 44.2 Å². The Morgan fingerprint density at radius 1 is 1.00 bits per heavy atom. The monoisotopic (exact) mass is 500 g/mol. The molecule has 9 heteroatoms. The first-order chi connectivity index (χ1) is 16.7. The normalized spacial score (nSPS) is 16.9. The number of piperazine rings is 1. The molecule has 1 N–H and O–H groups in total. The number of nitrogens with one attached hydrogen (secondary N) is 1. The van der Waals surface area contributed by atoms with Crippen molar-refractivity contribution in [1.29, 1.82) is 0 Å². The number of amides is 1. The number of anilines is 1. The molecule has 0 unspecified atom stereocenters. The van der Waals surface area contributed by atoms with E-state index in [4.69, 9.17) is 4.74 Å². The molecule has 0 spiro atoms. The summed E-state index contributed by atoms with van der Waals surface area (Å²) in [7, 11) is 0.291. The second-order valence-corrected chi connectivity index (χ2v) is 11.4. The fourth-order valence-corrected chi connectivity index (χ4v) is 6.08. The van der Waals surface area contributed by atoms with Crippen LogP contribution < -0.4 is 14.4 Å². The molecule has 190 valence electrons. The van der Waals surface area contributed by atoms with Gasteiger partial charge in [-0.3, -0.25) is 4.79 Å². The first-order valence-corrected chi connectivity index (χ1v) is 13.7. The maximum Gasteiger partial charge on any atom is 0.240 e. The highest BCUT2D eigenvalue weighted by molar-refractivity contribution is 7.89. The number of benzene rings is 2. The van der Waals surface area contributed by atoms with Crippen LogP contribution in [0.5, 0.6) is 5.75 Å². The van der Waals surface area contributed by atoms with Gasteiger partial charge in [-0.15, -0.1) is 0 Å². The molecule has 4 rings (SSSR count). The van der Waals surface area contributed by atoms with Crippen LogP contribution in [0.15, 0.2) is 41.3 Å². The van der Waals surface area contributed by atoms with Gasteiger partial charge in [0.1, 0.15) is 5.75 Å². The van der Waals surface area contributed by atoms with Crippen molar-refractivity contribution >= 4 is 21.6 Å². The standard InChI is InChI=1S/C26H36N4O4S/c1-19(2)27-35(32,33)21-7-5-20(6-8-21)17-26(31)30-12-11-22-23(18-30)24(9-10-25(22)34-4)29-15-13-28(3)14-16-29/h5-10,19,27H,11-18H2,1-4H3. The molecule has 0 saturated carbocycles. The van der Waals surface area contributed by atoms with Gasteiger partial charge in [0, 0.05) is 62.1 Å². The Morgan fingerprint density at radius 3 is 2.31 bits per heavy atom. The van der Waals surface area contributed by atoms with Crippen molar-refractivity contribution in [1.82, 2.24) is 14.5 Å². The first-order valence-electron chi connectivity index (χ1n) is 12.2. The van der Waals surface area contributed by atoms with E-state index in [1.165, 1.54) is 16.8 Å². The largest absolute Gasteiger partial charge is 0.496 e. The van der Waals surface area contributed by atoms with Crippen LogP contribution in [0.1, 0.15) is 30.5 Å². The Kier molecular flexibility index (Phi) is 7.68. The summed E-state index contributed by atoms with van der Waals surface area (Å²) in [6.07, 6.45) is 0.991. The highest BCUT2D eigenvalue weighted by Crippen LogP contribution is 2.36. The summed E-state index contributed by atoms with van der Waals surface area (Å²) < 4.78 is 33.0. The van der Waals surface area contributed by atoms with Gasteiger partial charge in [-0.25, -0.2) is 13.1 Å². The van der Waals surface area contributed by atoms with Crippen molar-refractivity contribution in [3.8, 4) is 5.75 Å². The third-order valence-electron chi connectivity index (χ3n) is 6.74. The summed E-state index contributed by atoms with van der Waals surface area (Å²) in [5.41, 5.74) is 4.36. The number of rotatable bonds is 7. The molecule has 0 aliphatic carbocycles. The van der Waals surface area contributed by atoms with Gasteiger partial charge in [-0.1, -0.05) is 12.1 Å². The first kappa shape index (κ1) is 25.5. The number of carbonyl (C=O) groups is 1. The molecule has 2 aliphatic heterocycles. The number of methoxy groups -OCH3 is 1. The second-order valence-electron chi connectivity index (χ2n) is 9.70. The van der Waals surface area contributed by atoms with Crippen LogP contribution in [0.2, 0.25) is 0 Å². The molecule has 0 aromatic heterocycles. The van der Waals surface area contributed by atoms with E-state index in [1.54, 1.807) is 45.2 Å². The molecule has 1 saturated heterocycles. The van der Waals surface area contributed by atoms with Crippen molar-refractivity contribution in [3.63, 3.8) is 0 Å². The Balaban J connectivity index is 1.49. The van der Waals surface area contributed by atoms with Crippen molar-refractivity contribution < 1.29 is 17.9 Å². The maximum absolute atomic E-state index is 13.2. The summed E-state index contributed by atoms with van der Waals surface area (Å²) in [5, 5.41) is 0. The minimum absolute atomic E-state index is 0.0405. The molecule has 2 aromatic rings. The van der Waals surface area contributed by atoms with Gasteiger partial charge in [0.2, 0.25) is 15.9 Å². The van der Waals surface area contributed by atoms with E-state index in [0.717, 1.165) is 43.9 Å². The molecular formula is C26H36N4O4S. The lowest BCUT2D eigenvalue weighted by Gasteiger charge is -2.38. The molecule has 1 amide bonds. The molecule has 0 atom stereocenters.